The Labute approximate surface area is 110 Å². The highest BCUT2D eigenvalue weighted by Gasteiger charge is 2.42. The van der Waals surface area contributed by atoms with Crippen LogP contribution in [-0.4, -0.2) is 36.2 Å². The van der Waals surface area contributed by atoms with Crippen LogP contribution in [0.2, 0.25) is 0 Å². The molecule has 0 radical (unpaired) electrons. The van der Waals surface area contributed by atoms with E-state index in [0.717, 1.165) is 19.6 Å². The lowest BCUT2D eigenvalue weighted by molar-refractivity contribution is 0.0282. The van der Waals surface area contributed by atoms with Crippen LogP contribution in [0.15, 0.2) is 0 Å². The molecule has 2 N–H and O–H groups in total. The fraction of sp³-hybridized carbons (Fsp3) is 0.929. The van der Waals surface area contributed by atoms with Crippen molar-refractivity contribution >= 4 is 6.09 Å². The molecule has 104 valence electrons. The second-order valence-electron chi connectivity index (χ2n) is 6.74. The molecule has 1 amide bonds. The minimum atomic E-state index is -0.405. The summed E-state index contributed by atoms with van der Waals surface area (Å²) in [6.07, 6.45) is 3.55. The first kappa shape index (κ1) is 13.7. The first-order chi connectivity index (χ1) is 8.40. The average molecular weight is 254 g/mol. The largest absolute Gasteiger partial charge is 0.444 e. The highest BCUT2D eigenvalue weighted by molar-refractivity contribution is 5.68. The zero-order valence-electron chi connectivity index (χ0n) is 11.8. The Morgan fingerprint density at radius 1 is 1.33 bits per heavy atom. The molecule has 2 fully saturated rings. The number of nitrogens with zero attached hydrogens (tertiary/aromatic N) is 1. The van der Waals surface area contributed by atoms with Crippen LogP contribution in [0.25, 0.3) is 0 Å². The number of rotatable bonds is 1. The maximum absolute atomic E-state index is 12.1. The highest BCUT2D eigenvalue weighted by Crippen LogP contribution is 2.39. The molecule has 0 aromatic carbocycles. The van der Waals surface area contributed by atoms with Gasteiger partial charge in [0.1, 0.15) is 5.60 Å². The highest BCUT2D eigenvalue weighted by atomic mass is 16.6. The third-order valence-corrected chi connectivity index (χ3v) is 4.20. The third-order valence-electron chi connectivity index (χ3n) is 4.20. The third kappa shape index (κ3) is 2.97. The second kappa shape index (κ2) is 5.08. The lowest BCUT2D eigenvalue weighted by Gasteiger charge is -2.31. The molecule has 1 saturated carbocycles. The van der Waals surface area contributed by atoms with Gasteiger partial charge in [0.15, 0.2) is 0 Å². The fourth-order valence-electron chi connectivity index (χ4n) is 3.36. The number of carbonyl (C=O) groups excluding carboxylic acids is 1. The predicted octanol–water partition coefficient (Wildman–Crippen LogP) is 2.23. The molecular weight excluding hydrogens is 228 g/mol. The van der Waals surface area contributed by atoms with Crippen molar-refractivity contribution in [3.8, 4) is 0 Å². The van der Waals surface area contributed by atoms with Gasteiger partial charge in [-0.25, -0.2) is 4.79 Å². The van der Waals surface area contributed by atoms with Crippen molar-refractivity contribution < 1.29 is 9.53 Å². The van der Waals surface area contributed by atoms with Crippen LogP contribution >= 0.6 is 0 Å². The Balaban J connectivity index is 1.96. The van der Waals surface area contributed by atoms with Gasteiger partial charge in [-0.1, -0.05) is 6.42 Å². The topological polar surface area (TPSA) is 55.6 Å². The average Bonchev–Trinajstić information content (AvgIpc) is 2.70. The molecule has 4 nitrogen and oxygen atoms in total. The number of ether oxygens (including phenoxy) is 1. The summed E-state index contributed by atoms with van der Waals surface area (Å²) < 4.78 is 5.45. The molecule has 4 heteroatoms. The van der Waals surface area contributed by atoms with Crippen molar-refractivity contribution in [1.29, 1.82) is 0 Å². The molecule has 18 heavy (non-hydrogen) atoms. The molecule has 3 atom stereocenters. The van der Waals surface area contributed by atoms with Crippen molar-refractivity contribution in [1.82, 2.24) is 4.90 Å². The van der Waals surface area contributed by atoms with Crippen LogP contribution < -0.4 is 5.73 Å². The number of hydrogen-bond acceptors (Lipinski definition) is 3. The number of carbonyl (C=O) groups is 1. The van der Waals surface area contributed by atoms with Gasteiger partial charge in [-0.3, -0.25) is 0 Å². The minimum Gasteiger partial charge on any atom is -0.444 e. The first-order valence-electron chi connectivity index (χ1n) is 7.08. The summed E-state index contributed by atoms with van der Waals surface area (Å²) in [4.78, 5) is 14.0. The Morgan fingerprint density at radius 3 is 2.67 bits per heavy atom. The van der Waals surface area contributed by atoms with E-state index in [0.29, 0.717) is 17.8 Å². The van der Waals surface area contributed by atoms with Crippen molar-refractivity contribution in [2.75, 3.05) is 19.6 Å². The van der Waals surface area contributed by atoms with E-state index in [1.54, 1.807) is 0 Å². The summed E-state index contributed by atoms with van der Waals surface area (Å²) in [6, 6.07) is 0. The van der Waals surface area contributed by atoms with Gasteiger partial charge < -0.3 is 15.4 Å². The monoisotopic (exact) mass is 254 g/mol. The molecule has 0 bridgehead atoms. The Morgan fingerprint density at radius 2 is 2.06 bits per heavy atom. The molecule has 1 saturated heterocycles. The van der Waals surface area contributed by atoms with E-state index in [1.165, 1.54) is 19.3 Å². The molecule has 1 aliphatic carbocycles. The maximum atomic E-state index is 12.1. The zero-order valence-corrected chi connectivity index (χ0v) is 11.8. The van der Waals surface area contributed by atoms with Gasteiger partial charge >= 0.3 is 6.09 Å². The van der Waals surface area contributed by atoms with Crippen LogP contribution in [0.3, 0.4) is 0 Å². The number of amides is 1. The molecular formula is C14H26N2O2. The lowest BCUT2D eigenvalue weighted by Crippen LogP contribution is -2.36. The van der Waals surface area contributed by atoms with Gasteiger partial charge in [-0.15, -0.1) is 0 Å². The lowest BCUT2D eigenvalue weighted by atomic mass is 9.74. The zero-order chi connectivity index (χ0) is 13.3. The smallest absolute Gasteiger partial charge is 0.410 e. The quantitative estimate of drug-likeness (QED) is 0.780. The van der Waals surface area contributed by atoms with Gasteiger partial charge in [-0.2, -0.15) is 0 Å². The van der Waals surface area contributed by atoms with E-state index in [-0.39, 0.29) is 6.09 Å². The van der Waals surface area contributed by atoms with Gasteiger partial charge in [-0.05, 0) is 57.9 Å². The molecule has 0 spiro atoms. The van der Waals surface area contributed by atoms with Crippen LogP contribution in [0, 0.1) is 17.8 Å². The molecule has 2 rings (SSSR count). The number of nitrogens with two attached hydrogens (primary N) is 1. The number of hydrogen-bond donors (Lipinski definition) is 1. The van der Waals surface area contributed by atoms with Crippen molar-refractivity contribution in [3.05, 3.63) is 0 Å². The molecule has 0 unspecified atom stereocenters. The minimum absolute atomic E-state index is 0.160. The standard InChI is InChI=1S/C14H26N2O2/c1-14(2,3)18-13(17)16-8-11-6-4-5-10(7-15)12(11)9-16/h10-12H,4-9,15H2,1-3H3/t10-,11-,12-/m0/s1. The fourth-order valence-corrected chi connectivity index (χ4v) is 3.36. The van der Waals surface area contributed by atoms with Gasteiger partial charge in [0.2, 0.25) is 0 Å². The van der Waals surface area contributed by atoms with E-state index < -0.39 is 5.60 Å². The molecule has 0 aromatic rings. The molecule has 1 heterocycles. The van der Waals surface area contributed by atoms with E-state index in [9.17, 15) is 4.79 Å². The van der Waals surface area contributed by atoms with Crippen LogP contribution in [0.4, 0.5) is 4.79 Å². The molecule has 1 aliphatic heterocycles. The Bertz CT molecular complexity index is 311. The number of likely N-dealkylation sites (tertiary alicyclic amines) is 1. The molecule has 0 aromatic heterocycles. The van der Waals surface area contributed by atoms with E-state index in [4.69, 9.17) is 10.5 Å². The second-order valence-corrected chi connectivity index (χ2v) is 6.74. The van der Waals surface area contributed by atoms with Gasteiger partial charge in [0.25, 0.3) is 0 Å². The molecule has 2 aliphatic rings. The summed E-state index contributed by atoms with van der Waals surface area (Å²) in [5, 5.41) is 0. The Hall–Kier alpha value is -0.770. The summed E-state index contributed by atoms with van der Waals surface area (Å²) in [7, 11) is 0. The summed E-state index contributed by atoms with van der Waals surface area (Å²) >= 11 is 0. The normalized spacial score (nSPS) is 32.2. The number of fused-ring (bicyclic) bond motifs is 1. The van der Waals surface area contributed by atoms with Crippen molar-refractivity contribution in [3.63, 3.8) is 0 Å². The summed E-state index contributed by atoms with van der Waals surface area (Å²) in [5.74, 6) is 1.83. The maximum Gasteiger partial charge on any atom is 0.410 e. The van der Waals surface area contributed by atoms with Gasteiger partial charge in [0.05, 0.1) is 0 Å². The van der Waals surface area contributed by atoms with Crippen molar-refractivity contribution in [2.24, 2.45) is 23.5 Å². The van der Waals surface area contributed by atoms with Crippen LogP contribution in [-0.2, 0) is 4.74 Å². The first-order valence-corrected chi connectivity index (χ1v) is 7.08. The Kier molecular flexibility index (Phi) is 3.85. The SMILES string of the molecule is CC(C)(C)OC(=O)N1C[C@@H]2CCC[C@@H](CN)[C@@H]2C1. The van der Waals surface area contributed by atoms with E-state index in [2.05, 4.69) is 0 Å². The van der Waals surface area contributed by atoms with Crippen LogP contribution in [0.1, 0.15) is 40.0 Å². The summed E-state index contributed by atoms with van der Waals surface area (Å²) in [5.41, 5.74) is 5.44. The van der Waals surface area contributed by atoms with Crippen LogP contribution in [0.5, 0.6) is 0 Å². The van der Waals surface area contributed by atoms with Crippen molar-refractivity contribution in [2.45, 2.75) is 45.6 Å². The van der Waals surface area contributed by atoms with E-state index in [1.807, 2.05) is 25.7 Å². The van der Waals surface area contributed by atoms with Gasteiger partial charge in [0, 0.05) is 13.1 Å². The van der Waals surface area contributed by atoms with E-state index >= 15 is 0 Å². The predicted molar refractivity (Wildman–Crippen MR) is 71.2 cm³/mol. The summed E-state index contributed by atoms with van der Waals surface area (Å²) in [6.45, 7) is 8.19.